The molecule has 1 aliphatic heterocycles. The summed E-state index contributed by atoms with van der Waals surface area (Å²) in [5.41, 5.74) is 3.74. The van der Waals surface area contributed by atoms with Gasteiger partial charge in [0.2, 0.25) is 0 Å². The number of carbonyl (C=O) groups excluding carboxylic acids is 1. The molecule has 0 spiro atoms. The minimum absolute atomic E-state index is 0.121. The first-order valence-corrected chi connectivity index (χ1v) is 9.71. The number of amides is 1. The number of aliphatic hydroxyl groups is 1. The number of carbonyl (C=O) groups is 1. The SMILES string of the molecule is CC(C)c1cc(C(=O)N[C@@H](c2ccc3c(c2)CCO3)C2CC(O)C2)n(C)n1. The van der Waals surface area contributed by atoms with Crippen molar-refractivity contribution in [1.29, 1.82) is 0 Å². The van der Waals surface area contributed by atoms with Crippen LogP contribution in [0.3, 0.4) is 0 Å². The molecule has 144 valence electrons. The Kier molecular flexibility index (Phi) is 4.68. The van der Waals surface area contributed by atoms with Gasteiger partial charge < -0.3 is 15.2 Å². The second kappa shape index (κ2) is 7.00. The molecule has 6 heteroatoms. The number of nitrogens with zero attached hydrogens (tertiary/aromatic N) is 2. The third-order valence-electron chi connectivity index (χ3n) is 5.70. The highest BCUT2D eigenvalue weighted by molar-refractivity contribution is 5.93. The number of aromatic nitrogens is 2. The molecule has 27 heavy (non-hydrogen) atoms. The molecule has 1 aliphatic carbocycles. The normalized spacial score (nSPS) is 22.1. The lowest BCUT2D eigenvalue weighted by molar-refractivity contribution is 0.0234. The molecule has 1 saturated carbocycles. The Bertz CT molecular complexity index is 852. The zero-order valence-electron chi connectivity index (χ0n) is 16.1. The molecule has 2 aromatic rings. The Balaban J connectivity index is 1.59. The molecule has 0 saturated heterocycles. The predicted molar refractivity (Wildman–Crippen MR) is 102 cm³/mol. The molecule has 0 unspecified atom stereocenters. The molecule has 1 atom stereocenters. The lowest BCUT2D eigenvalue weighted by Crippen LogP contribution is -2.41. The molecule has 2 aliphatic rings. The van der Waals surface area contributed by atoms with E-state index in [9.17, 15) is 9.90 Å². The van der Waals surface area contributed by atoms with Crippen molar-refractivity contribution in [2.75, 3.05) is 6.61 Å². The Morgan fingerprint density at radius 3 is 2.78 bits per heavy atom. The number of hydrogen-bond donors (Lipinski definition) is 2. The van der Waals surface area contributed by atoms with Crippen LogP contribution in [0.5, 0.6) is 5.75 Å². The Morgan fingerprint density at radius 2 is 2.11 bits per heavy atom. The fraction of sp³-hybridized carbons (Fsp3) is 0.524. The third-order valence-corrected chi connectivity index (χ3v) is 5.70. The van der Waals surface area contributed by atoms with Gasteiger partial charge in [0.1, 0.15) is 11.4 Å². The number of nitrogens with one attached hydrogen (secondary N) is 1. The predicted octanol–water partition coefficient (Wildman–Crippen LogP) is 2.72. The minimum Gasteiger partial charge on any atom is -0.493 e. The van der Waals surface area contributed by atoms with Crippen LogP contribution >= 0.6 is 0 Å². The van der Waals surface area contributed by atoms with Crippen molar-refractivity contribution in [3.05, 3.63) is 46.8 Å². The van der Waals surface area contributed by atoms with Crippen LogP contribution in [0.2, 0.25) is 0 Å². The van der Waals surface area contributed by atoms with Crippen LogP contribution in [0, 0.1) is 5.92 Å². The van der Waals surface area contributed by atoms with E-state index in [1.54, 1.807) is 11.7 Å². The maximum Gasteiger partial charge on any atom is 0.270 e. The molecule has 1 aromatic heterocycles. The van der Waals surface area contributed by atoms with E-state index in [1.165, 1.54) is 5.56 Å². The van der Waals surface area contributed by atoms with Crippen molar-refractivity contribution in [2.24, 2.45) is 13.0 Å². The van der Waals surface area contributed by atoms with Crippen LogP contribution in [0.15, 0.2) is 24.3 Å². The Morgan fingerprint density at radius 1 is 1.33 bits per heavy atom. The number of rotatable bonds is 5. The van der Waals surface area contributed by atoms with Gasteiger partial charge in [0.05, 0.1) is 24.4 Å². The summed E-state index contributed by atoms with van der Waals surface area (Å²) in [6, 6.07) is 7.91. The van der Waals surface area contributed by atoms with Crippen molar-refractivity contribution in [3.63, 3.8) is 0 Å². The van der Waals surface area contributed by atoms with E-state index in [2.05, 4.69) is 30.3 Å². The zero-order chi connectivity index (χ0) is 19.1. The van der Waals surface area contributed by atoms with Crippen LogP contribution in [0.1, 0.15) is 66.0 Å². The maximum absolute atomic E-state index is 13.0. The summed E-state index contributed by atoms with van der Waals surface area (Å²) in [6.45, 7) is 4.84. The molecule has 1 aromatic carbocycles. The standard InChI is InChI=1S/C21H27N3O3/c1-12(2)17-11-18(24(3)23-17)21(26)22-20(15-9-16(25)10-15)14-4-5-19-13(8-14)6-7-27-19/h4-5,8,11-12,15-16,20,25H,6-7,9-10H2,1-3H3,(H,22,26)/t15?,16?,20-/m0/s1. The topological polar surface area (TPSA) is 76.4 Å². The van der Waals surface area contributed by atoms with E-state index in [-0.39, 0.29) is 29.9 Å². The quantitative estimate of drug-likeness (QED) is 0.850. The summed E-state index contributed by atoms with van der Waals surface area (Å²) in [5.74, 6) is 1.32. The van der Waals surface area contributed by atoms with Crippen molar-refractivity contribution in [2.45, 2.75) is 51.2 Å². The first-order valence-electron chi connectivity index (χ1n) is 9.71. The van der Waals surface area contributed by atoms with Crippen LogP contribution in [0.25, 0.3) is 0 Å². The molecular formula is C21H27N3O3. The summed E-state index contributed by atoms with van der Waals surface area (Å²) in [5, 5.41) is 17.4. The number of hydrogen-bond acceptors (Lipinski definition) is 4. The lowest BCUT2D eigenvalue weighted by Gasteiger charge is -2.38. The van der Waals surface area contributed by atoms with Gasteiger partial charge in [-0.1, -0.05) is 19.9 Å². The number of ether oxygens (including phenoxy) is 1. The van der Waals surface area contributed by atoms with Crippen molar-refractivity contribution >= 4 is 5.91 Å². The van der Waals surface area contributed by atoms with Gasteiger partial charge in [-0.3, -0.25) is 9.48 Å². The molecule has 2 heterocycles. The first kappa shape index (κ1) is 18.0. The van der Waals surface area contributed by atoms with Gasteiger partial charge in [0, 0.05) is 13.5 Å². The van der Waals surface area contributed by atoms with E-state index >= 15 is 0 Å². The van der Waals surface area contributed by atoms with Gasteiger partial charge in [-0.25, -0.2) is 0 Å². The average Bonchev–Trinajstić information content (AvgIpc) is 3.22. The smallest absolute Gasteiger partial charge is 0.270 e. The summed E-state index contributed by atoms with van der Waals surface area (Å²) in [6.07, 6.45) is 2.05. The average molecular weight is 369 g/mol. The Hall–Kier alpha value is -2.34. The van der Waals surface area contributed by atoms with Gasteiger partial charge in [-0.2, -0.15) is 5.10 Å². The van der Waals surface area contributed by atoms with E-state index in [0.29, 0.717) is 25.1 Å². The van der Waals surface area contributed by atoms with E-state index in [1.807, 2.05) is 18.2 Å². The van der Waals surface area contributed by atoms with E-state index < -0.39 is 0 Å². The van der Waals surface area contributed by atoms with Gasteiger partial charge in [0.15, 0.2) is 0 Å². The molecule has 0 radical (unpaired) electrons. The lowest BCUT2D eigenvalue weighted by atomic mass is 9.74. The zero-order valence-corrected chi connectivity index (χ0v) is 16.1. The van der Waals surface area contributed by atoms with Gasteiger partial charge in [-0.15, -0.1) is 0 Å². The van der Waals surface area contributed by atoms with Crippen LogP contribution in [-0.4, -0.2) is 33.5 Å². The summed E-state index contributed by atoms with van der Waals surface area (Å²) in [7, 11) is 1.80. The van der Waals surface area contributed by atoms with Crippen molar-refractivity contribution in [1.82, 2.24) is 15.1 Å². The second-order valence-corrected chi connectivity index (χ2v) is 8.03. The van der Waals surface area contributed by atoms with Gasteiger partial charge in [0.25, 0.3) is 5.91 Å². The highest BCUT2D eigenvalue weighted by Gasteiger charge is 2.36. The number of fused-ring (bicyclic) bond motifs is 1. The molecule has 1 amide bonds. The second-order valence-electron chi connectivity index (χ2n) is 8.03. The van der Waals surface area contributed by atoms with Crippen molar-refractivity contribution < 1.29 is 14.6 Å². The molecule has 0 bridgehead atoms. The molecule has 1 fully saturated rings. The largest absolute Gasteiger partial charge is 0.493 e. The number of benzene rings is 1. The highest BCUT2D eigenvalue weighted by atomic mass is 16.5. The summed E-state index contributed by atoms with van der Waals surface area (Å²) < 4.78 is 7.25. The third kappa shape index (κ3) is 3.46. The molecular weight excluding hydrogens is 342 g/mol. The van der Waals surface area contributed by atoms with Gasteiger partial charge in [-0.05, 0) is 54.0 Å². The number of aliphatic hydroxyl groups excluding tert-OH is 1. The van der Waals surface area contributed by atoms with E-state index in [4.69, 9.17) is 4.74 Å². The maximum atomic E-state index is 13.0. The van der Waals surface area contributed by atoms with Gasteiger partial charge >= 0.3 is 0 Å². The highest BCUT2D eigenvalue weighted by Crippen LogP contribution is 2.40. The van der Waals surface area contributed by atoms with Crippen LogP contribution < -0.4 is 10.1 Å². The molecule has 6 nitrogen and oxygen atoms in total. The fourth-order valence-electron chi connectivity index (χ4n) is 3.97. The Labute approximate surface area is 159 Å². The summed E-state index contributed by atoms with van der Waals surface area (Å²) in [4.78, 5) is 13.0. The van der Waals surface area contributed by atoms with Crippen molar-refractivity contribution in [3.8, 4) is 5.75 Å². The summed E-state index contributed by atoms with van der Waals surface area (Å²) >= 11 is 0. The van der Waals surface area contributed by atoms with E-state index in [0.717, 1.165) is 23.4 Å². The van der Waals surface area contributed by atoms with Crippen LogP contribution in [-0.2, 0) is 13.5 Å². The molecule has 4 rings (SSSR count). The fourth-order valence-corrected chi connectivity index (χ4v) is 3.97. The molecule has 2 N–H and O–H groups in total. The minimum atomic E-state index is -0.267. The first-order chi connectivity index (χ1) is 12.9. The monoisotopic (exact) mass is 369 g/mol. The van der Waals surface area contributed by atoms with Crippen LogP contribution in [0.4, 0.5) is 0 Å². The number of aryl methyl sites for hydroxylation is 1.